The van der Waals surface area contributed by atoms with E-state index < -0.39 is 0 Å². The Morgan fingerprint density at radius 1 is 1.00 bits per heavy atom. The molecule has 20 heavy (non-hydrogen) atoms. The van der Waals surface area contributed by atoms with Crippen LogP contribution in [-0.2, 0) is 11.2 Å². The monoisotopic (exact) mass is 266 g/mol. The third kappa shape index (κ3) is 4.05. The van der Waals surface area contributed by atoms with Gasteiger partial charge in [-0.2, -0.15) is 5.10 Å². The molecule has 1 amide bonds. The molecule has 102 valence electrons. The number of hydrogen-bond donors (Lipinski definition) is 1. The van der Waals surface area contributed by atoms with Gasteiger partial charge in [-0.05, 0) is 17.5 Å². The second-order valence-electron chi connectivity index (χ2n) is 4.48. The summed E-state index contributed by atoms with van der Waals surface area (Å²) in [5, 5.41) is 4.23. The van der Waals surface area contributed by atoms with E-state index in [0.717, 1.165) is 23.3 Å². The van der Waals surface area contributed by atoms with Crippen LogP contribution in [0.4, 0.5) is 0 Å². The van der Waals surface area contributed by atoms with E-state index in [-0.39, 0.29) is 5.91 Å². The number of nitrogens with one attached hydrogen (secondary N) is 1. The Hall–Kier alpha value is -2.42. The van der Waals surface area contributed by atoms with E-state index in [1.54, 1.807) is 0 Å². The van der Waals surface area contributed by atoms with E-state index >= 15 is 0 Å². The number of carbonyl (C=O) groups is 1. The minimum absolute atomic E-state index is 0.0990. The fourth-order valence-electron chi connectivity index (χ4n) is 1.93. The highest BCUT2D eigenvalue weighted by Gasteiger charge is 2.04. The van der Waals surface area contributed by atoms with E-state index in [1.807, 2.05) is 67.6 Å². The van der Waals surface area contributed by atoms with Crippen molar-refractivity contribution < 1.29 is 4.79 Å². The molecule has 0 radical (unpaired) electrons. The summed E-state index contributed by atoms with van der Waals surface area (Å²) in [6.45, 7) is 2.02. The molecule has 0 unspecified atom stereocenters. The van der Waals surface area contributed by atoms with Gasteiger partial charge >= 0.3 is 0 Å². The standard InChI is InChI=1S/C17H18N2O/c1-2-16(15-11-7-4-8-12-15)18-19-17(20)13-14-9-5-3-6-10-14/h3-12H,2,13H2,1H3,(H,19,20). The number of nitrogens with zero attached hydrogens (tertiary/aromatic N) is 1. The fourth-order valence-corrected chi connectivity index (χ4v) is 1.93. The minimum atomic E-state index is -0.0990. The molecule has 0 aliphatic carbocycles. The van der Waals surface area contributed by atoms with Gasteiger partial charge in [-0.25, -0.2) is 5.43 Å². The third-order valence-corrected chi connectivity index (χ3v) is 2.96. The van der Waals surface area contributed by atoms with Gasteiger partial charge < -0.3 is 0 Å². The maximum absolute atomic E-state index is 11.8. The molecule has 0 atom stereocenters. The van der Waals surface area contributed by atoms with Crippen molar-refractivity contribution >= 4 is 11.6 Å². The molecule has 0 saturated carbocycles. The zero-order valence-corrected chi connectivity index (χ0v) is 11.5. The van der Waals surface area contributed by atoms with Crippen molar-refractivity contribution in [1.82, 2.24) is 5.43 Å². The van der Waals surface area contributed by atoms with Crippen LogP contribution in [0.25, 0.3) is 0 Å². The first kappa shape index (κ1) is 14.0. The van der Waals surface area contributed by atoms with Gasteiger partial charge in [-0.1, -0.05) is 67.6 Å². The van der Waals surface area contributed by atoms with Crippen molar-refractivity contribution in [2.45, 2.75) is 19.8 Å². The van der Waals surface area contributed by atoms with Crippen LogP contribution in [0.2, 0.25) is 0 Å². The fraction of sp³-hybridized carbons (Fsp3) is 0.176. The first-order chi connectivity index (χ1) is 9.79. The van der Waals surface area contributed by atoms with Crippen molar-refractivity contribution in [3.05, 3.63) is 71.8 Å². The zero-order valence-electron chi connectivity index (χ0n) is 11.5. The lowest BCUT2D eigenvalue weighted by Gasteiger charge is -2.05. The molecule has 3 heteroatoms. The van der Waals surface area contributed by atoms with E-state index in [2.05, 4.69) is 10.5 Å². The lowest BCUT2D eigenvalue weighted by atomic mass is 10.1. The second kappa shape index (κ2) is 7.24. The summed E-state index contributed by atoms with van der Waals surface area (Å²) in [6, 6.07) is 19.5. The summed E-state index contributed by atoms with van der Waals surface area (Å²) in [6.07, 6.45) is 1.12. The predicted octanol–water partition coefficient (Wildman–Crippen LogP) is 3.16. The lowest BCUT2D eigenvalue weighted by Crippen LogP contribution is -2.21. The van der Waals surface area contributed by atoms with Gasteiger partial charge in [0.15, 0.2) is 0 Å². The van der Waals surface area contributed by atoms with Crippen LogP contribution >= 0.6 is 0 Å². The number of benzene rings is 2. The molecule has 2 aromatic rings. The lowest BCUT2D eigenvalue weighted by molar-refractivity contribution is -0.120. The Balaban J connectivity index is 1.99. The highest BCUT2D eigenvalue weighted by molar-refractivity contribution is 6.00. The van der Waals surface area contributed by atoms with Crippen LogP contribution in [0, 0.1) is 0 Å². The van der Waals surface area contributed by atoms with Crippen LogP contribution in [0.1, 0.15) is 24.5 Å². The Kier molecular flexibility index (Phi) is 5.07. The molecular formula is C17H18N2O. The van der Waals surface area contributed by atoms with Gasteiger partial charge in [-0.3, -0.25) is 4.79 Å². The average Bonchev–Trinajstić information content (AvgIpc) is 2.50. The number of carbonyl (C=O) groups excluding carboxylic acids is 1. The van der Waals surface area contributed by atoms with Crippen molar-refractivity contribution in [2.75, 3.05) is 0 Å². The molecule has 2 rings (SSSR count). The molecule has 0 heterocycles. The molecule has 0 fully saturated rings. The van der Waals surface area contributed by atoms with E-state index in [1.165, 1.54) is 0 Å². The Labute approximate surface area is 119 Å². The van der Waals surface area contributed by atoms with Crippen LogP contribution in [0.15, 0.2) is 65.8 Å². The van der Waals surface area contributed by atoms with Gasteiger partial charge in [0, 0.05) is 0 Å². The molecule has 0 aliphatic heterocycles. The quantitative estimate of drug-likeness (QED) is 0.655. The van der Waals surface area contributed by atoms with E-state index in [4.69, 9.17) is 0 Å². The molecule has 0 spiro atoms. The number of rotatable bonds is 5. The first-order valence-electron chi connectivity index (χ1n) is 6.74. The van der Waals surface area contributed by atoms with Crippen LogP contribution in [-0.4, -0.2) is 11.6 Å². The Bertz CT molecular complexity index is 576. The van der Waals surface area contributed by atoms with Gasteiger partial charge in [0.1, 0.15) is 0 Å². The van der Waals surface area contributed by atoms with Gasteiger partial charge in [-0.15, -0.1) is 0 Å². The van der Waals surface area contributed by atoms with Crippen LogP contribution in [0.5, 0.6) is 0 Å². The molecular weight excluding hydrogens is 248 g/mol. The Morgan fingerprint density at radius 3 is 2.20 bits per heavy atom. The maximum atomic E-state index is 11.8. The minimum Gasteiger partial charge on any atom is -0.273 e. The SMILES string of the molecule is CCC(=NNC(=O)Cc1ccccc1)c1ccccc1. The summed E-state index contributed by atoms with van der Waals surface area (Å²) in [4.78, 5) is 11.8. The van der Waals surface area contributed by atoms with Gasteiger partial charge in [0.25, 0.3) is 0 Å². The average molecular weight is 266 g/mol. The predicted molar refractivity (Wildman–Crippen MR) is 81.6 cm³/mol. The third-order valence-electron chi connectivity index (χ3n) is 2.96. The summed E-state index contributed by atoms with van der Waals surface area (Å²) in [7, 11) is 0. The molecule has 0 aromatic heterocycles. The van der Waals surface area contributed by atoms with Crippen LogP contribution in [0.3, 0.4) is 0 Å². The van der Waals surface area contributed by atoms with Crippen molar-refractivity contribution in [3.63, 3.8) is 0 Å². The molecule has 2 aromatic carbocycles. The van der Waals surface area contributed by atoms with Crippen molar-refractivity contribution in [3.8, 4) is 0 Å². The number of hydrazone groups is 1. The second-order valence-corrected chi connectivity index (χ2v) is 4.48. The first-order valence-corrected chi connectivity index (χ1v) is 6.74. The summed E-state index contributed by atoms with van der Waals surface area (Å²) >= 11 is 0. The van der Waals surface area contributed by atoms with E-state index in [9.17, 15) is 4.79 Å². The van der Waals surface area contributed by atoms with Gasteiger partial charge in [0.05, 0.1) is 12.1 Å². The number of amides is 1. The molecule has 3 nitrogen and oxygen atoms in total. The van der Waals surface area contributed by atoms with Crippen molar-refractivity contribution in [1.29, 1.82) is 0 Å². The van der Waals surface area contributed by atoms with Gasteiger partial charge in [0.2, 0.25) is 5.91 Å². The Morgan fingerprint density at radius 2 is 1.60 bits per heavy atom. The summed E-state index contributed by atoms with van der Waals surface area (Å²) < 4.78 is 0. The molecule has 1 N–H and O–H groups in total. The zero-order chi connectivity index (χ0) is 14.2. The van der Waals surface area contributed by atoms with E-state index in [0.29, 0.717) is 6.42 Å². The molecule has 0 aliphatic rings. The maximum Gasteiger partial charge on any atom is 0.244 e. The summed E-state index contributed by atoms with van der Waals surface area (Å²) in [5.41, 5.74) is 5.53. The molecule has 0 saturated heterocycles. The van der Waals surface area contributed by atoms with Crippen LogP contribution < -0.4 is 5.43 Å². The summed E-state index contributed by atoms with van der Waals surface area (Å²) in [5.74, 6) is -0.0990. The normalized spacial score (nSPS) is 11.2. The largest absolute Gasteiger partial charge is 0.273 e. The highest BCUT2D eigenvalue weighted by Crippen LogP contribution is 2.04. The highest BCUT2D eigenvalue weighted by atomic mass is 16.2. The van der Waals surface area contributed by atoms with Crippen molar-refractivity contribution in [2.24, 2.45) is 5.10 Å². The smallest absolute Gasteiger partial charge is 0.244 e. The molecule has 0 bridgehead atoms. The number of hydrogen-bond acceptors (Lipinski definition) is 2. The topological polar surface area (TPSA) is 41.5 Å².